The van der Waals surface area contributed by atoms with Gasteiger partial charge in [-0.3, -0.25) is 19.3 Å². The van der Waals surface area contributed by atoms with Crippen molar-refractivity contribution in [3.63, 3.8) is 0 Å². The number of likely N-dealkylation sites (tertiary alicyclic amines) is 1. The Morgan fingerprint density at radius 3 is 1.69 bits per heavy atom. The van der Waals surface area contributed by atoms with Crippen molar-refractivity contribution in [2.45, 2.75) is 32.1 Å². The van der Waals surface area contributed by atoms with Crippen molar-refractivity contribution in [1.29, 1.82) is 0 Å². The zero-order valence-corrected chi connectivity index (χ0v) is 16.8. The van der Waals surface area contributed by atoms with E-state index in [4.69, 9.17) is 46.4 Å². The van der Waals surface area contributed by atoms with Crippen LogP contribution in [0.1, 0.15) is 52.8 Å². The van der Waals surface area contributed by atoms with Gasteiger partial charge in [-0.2, -0.15) is 0 Å². The molecule has 2 aliphatic heterocycles. The van der Waals surface area contributed by atoms with Gasteiger partial charge in [-0.25, -0.2) is 0 Å². The van der Waals surface area contributed by atoms with E-state index in [2.05, 4.69) is 0 Å². The van der Waals surface area contributed by atoms with Gasteiger partial charge in [0.2, 0.25) is 5.91 Å². The summed E-state index contributed by atoms with van der Waals surface area (Å²) in [5, 5.41) is -0.340. The van der Waals surface area contributed by atoms with Gasteiger partial charge >= 0.3 is 0 Å². The molecule has 0 aromatic heterocycles. The number of nitrogens with zero attached hydrogens (tertiary/aromatic N) is 2. The normalized spacial score (nSPS) is 17.5. The lowest BCUT2D eigenvalue weighted by atomic mass is 10.1. The summed E-state index contributed by atoms with van der Waals surface area (Å²) in [6.45, 7) is 1.39. The van der Waals surface area contributed by atoms with Gasteiger partial charge in [0.25, 0.3) is 11.8 Å². The minimum absolute atomic E-state index is 0.0381. The Balaban J connectivity index is 1.77. The highest BCUT2D eigenvalue weighted by Gasteiger charge is 2.41. The molecule has 1 aromatic rings. The molecule has 0 N–H and O–H groups in total. The van der Waals surface area contributed by atoms with E-state index in [1.807, 2.05) is 0 Å². The summed E-state index contributed by atoms with van der Waals surface area (Å²) >= 11 is 24.1. The molecular formula is C17H16Cl4N2O3. The molecule has 0 unspecified atom stereocenters. The SMILES string of the molecule is O=C(CCN1C(=O)c2c(Cl)c(Cl)c(Cl)c(Cl)c2C1=O)N1CCCCCC1. The number of imide groups is 1. The number of amides is 3. The third-order valence-electron chi connectivity index (χ3n) is 4.69. The molecule has 0 atom stereocenters. The van der Waals surface area contributed by atoms with E-state index in [-0.39, 0.29) is 50.1 Å². The summed E-state index contributed by atoms with van der Waals surface area (Å²) in [7, 11) is 0. The van der Waals surface area contributed by atoms with Gasteiger partial charge in [-0.05, 0) is 12.8 Å². The molecule has 1 aromatic carbocycles. The number of carbonyl (C=O) groups excluding carboxylic acids is 3. The highest BCUT2D eigenvalue weighted by atomic mass is 35.5. The molecule has 1 saturated heterocycles. The van der Waals surface area contributed by atoms with Crippen molar-refractivity contribution >= 4 is 64.1 Å². The maximum absolute atomic E-state index is 12.6. The highest BCUT2D eigenvalue weighted by Crippen LogP contribution is 2.44. The van der Waals surface area contributed by atoms with Crippen LogP contribution in [0.25, 0.3) is 0 Å². The van der Waals surface area contributed by atoms with Crippen LogP contribution in [0.2, 0.25) is 20.1 Å². The molecule has 2 aliphatic rings. The second-order valence-corrected chi connectivity index (χ2v) is 7.82. The van der Waals surface area contributed by atoms with Gasteiger partial charge in [0.1, 0.15) is 0 Å². The van der Waals surface area contributed by atoms with Gasteiger partial charge in [-0.1, -0.05) is 59.2 Å². The third kappa shape index (κ3) is 3.42. The number of hydrogen-bond acceptors (Lipinski definition) is 3. The largest absolute Gasteiger partial charge is 0.343 e. The van der Waals surface area contributed by atoms with Crippen molar-refractivity contribution in [2.75, 3.05) is 19.6 Å². The van der Waals surface area contributed by atoms with Gasteiger partial charge < -0.3 is 4.90 Å². The molecule has 0 bridgehead atoms. The first-order valence-corrected chi connectivity index (χ1v) is 9.85. The summed E-state index contributed by atoms with van der Waals surface area (Å²) in [6.07, 6.45) is 4.23. The van der Waals surface area contributed by atoms with E-state index in [0.29, 0.717) is 13.1 Å². The maximum atomic E-state index is 12.6. The van der Waals surface area contributed by atoms with Crippen LogP contribution in [0, 0.1) is 0 Å². The Morgan fingerprint density at radius 2 is 1.23 bits per heavy atom. The fourth-order valence-electron chi connectivity index (χ4n) is 3.28. The average Bonchev–Trinajstić information content (AvgIpc) is 2.80. The van der Waals surface area contributed by atoms with Crippen LogP contribution in [0.3, 0.4) is 0 Å². The molecule has 0 aliphatic carbocycles. The predicted octanol–water partition coefficient (Wildman–Crippen LogP) is 4.69. The summed E-state index contributed by atoms with van der Waals surface area (Å²) in [5.41, 5.74) is -0.114. The number of hydrogen-bond donors (Lipinski definition) is 0. The lowest BCUT2D eigenvalue weighted by Gasteiger charge is -2.21. The number of rotatable bonds is 3. The van der Waals surface area contributed by atoms with Gasteiger partial charge in [-0.15, -0.1) is 0 Å². The van der Waals surface area contributed by atoms with Crippen molar-refractivity contribution in [3.8, 4) is 0 Å². The molecule has 3 rings (SSSR count). The minimum atomic E-state index is -0.612. The van der Waals surface area contributed by atoms with Crippen LogP contribution < -0.4 is 0 Å². The molecular weight excluding hydrogens is 422 g/mol. The smallest absolute Gasteiger partial charge is 0.263 e. The number of carbonyl (C=O) groups is 3. The van der Waals surface area contributed by atoms with E-state index in [1.54, 1.807) is 4.90 Å². The lowest BCUT2D eigenvalue weighted by molar-refractivity contribution is -0.131. The Hall–Kier alpha value is -1.01. The Bertz CT molecular complexity index is 742. The maximum Gasteiger partial charge on any atom is 0.263 e. The van der Waals surface area contributed by atoms with Gasteiger partial charge in [0, 0.05) is 26.1 Å². The second kappa shape index (κ2) is 7.93. The van der Waals surface area contributed by atoms with Crippen LogP contribution in [0.15, 0.2) is 0 Å². The van der Waals surface area contributed by atoms with Gasteiger partial charge in [0.15, 0.2) is 0 Å². The third-order valence-corrected chi connectivity index (χ3v) is 6.50. The van der Waals surface area contributed by atoms with Crippen LogP contribution in [0.4, 0.5) is 0 Å². The zero-order valence-electron chi connectivity index (χ0n) is 13.8. The summed E-state index contributed by atoms with van der Waals surface area (Å²) in [6, 6.07) is 0. The molecule has 0 saturated carbocycles. The summed E-state index contributed by atoms with van der Waals surface area (Å²) in [5.74, 6) is -1.30. The number of halogens is 4. The van der Waals surface area contributed by atoms with E-state index in [9.17, 15) is 14.4 Å². The minimum Gasteiger partial charge on any atom is -0.343 e. The molecule has 5 nitrogen and oxygen atoms in total. The molecule has 3 amide bonds. The summed E-state index contributed by atoms with van der Waals surface area (Å²) < 4.78 is 0. The summed E-state index contributed by atoms with van der Waals surface area (Å²) in [4.78, 5) is 40.4. The topological polar surface area (TPSA) is 57.7 Å². The van der Waals surface area contributed by atoms with E-state index in [0.717, 1.165) is 30.6 Å². The van der Waals surface area contributed by atoms with Crippen molar-refractivity contribution in [3.05, 3.63) is 31.2 Å². The lowest BCUT2D eigenvalue weighted by Crippen LogP contribution is -2.37. The fraction of sp³-hybridized carbons (Fsp3) is 0.471. The molecule has 2 heterocycles. The average molecular weight is 438 g/mol. The predicted molar refractivity (Wildman–Crippen MR) is 102 cm³/mol. The molecule has 0 spiro atoms. The highest BCUT2D eigenvalue weighted by molar-refractivity contribution is 6.55. The van der Waals surface area contributed by atoms with Crippen LogP contribution >= 0.6 is 46.4 Å². The van der Waals surface area contributed by atoms with Crippen molar-refractivity contribution < 1.29 is 14.4 Å². The van der Waals surface area contributed by atoms with Crippen molar-refractivity contribution in [2.24, 2.45) is 0 Å². The first-order valence-electron chi connectivity index (χ1n) is 8.34. The van der Waals surface area contributed by atoms with E-state index >= 15 is 0 Å². The number of benzene rings is 1. The zero-order chi connectivity index (χ0) is 19.0. The molecule has 140 valence electrons. The molecule has 26 heavy (non-hydrogen) atoms. The van der Waals surface area contributed by atoms with Crippen LogP contribution in [0.5, 0.6) is 0 Å². The molecule has 1 fully saturated rings. The van der Waals surface area contributed by atoms with E-state index < -0.39 is 11.8 Å². The second-order valence-electron chi connectivity index (χ2n) is 6.31. The first-order chi connectivity index (χ1) is 12.3. The monoisotopic (exact) mass is 436 g/mol. The molecule has 0 radical (unpaired) electrons. The van der Waals surface area contributed by atoms with Crippen molar-refractivity contribution in [1.82, 2.24) is 9.80 Å². The Morgan fingerprint density at radius 1 is 0.769 bits per heavy atom. The van der Waals surface area contributed by atoms with Crippen LogP contribution in [-0.2, 0) is 4.79 Å². The van der Waals surface area contributed by atoms with E-state index in [1.165, 1.54) is 0 Å². The first kappa shape index (κ1) is 19.7. The fourth-order valence-corrected chi connectivity index (χ4v) is 4.30. The quantitative estimate of drug-likeness (QED) is 0.391. The van der Waals surface area contributed by atoms with Crippen LogP contribution in [-0.4, -0.2) is 47.2 Å². The van der Waals surface area contributed by atoms with Gasteiger partial charge in [0.05, 0.1) is 31.2 Å². The Labute approximate surface area is 171 Å². The standard InChI is InChI=1S/C17H16Cl4N2O3/c18-12-10-11(13(19)15(21)14(12)20)17(26)23(16(10)25)8-5-9(24)22-6-3-1-2-4-7-22/h1-8H2. The molecule has 9 heteroatoms. The number of fused-ring (bicyclic) bond motifs is 1. The Kier molecular flexibility index (Phi) is 6.02.